The van der Waals surface area contributed by atoms with E-state index in [0.29, 0.717) is 18.8 Å². The number of rotatable bonds is 5. The molecule has 55 heavy (non-hydrogen) atoms. The van der Waals surface area contributed by atoms with Crippen LogP contribution in [0.4, 0.5) is 10.1 Å². The summed E-state index contributed by atoms with van der Waals surface area (Å²) in [5.74, 6) is -1.26. The van der Waals surface area contributed by atoms with Gasteiger partial charge in [0.15, 0.2) is 6.10 Å². The van der Waals surface area contributed by atoms with Gasteiger partial charge in [0, 0.05) is 84.7 Å². The number of anilines is 1. The lowest BCUT2D eigenvalue weighted by Gasteiger charge is -2.63. The van der Waals surface area contributed by atoms with Crippen LogP contribution < -0.4 is 4.90 Å². The van der Waals surface area contributed by atoms with Crippen LogP contribution >= 0.6 is 0 Å². The number of H-pyrrole nitrogens is 1. The Morgan fingerprint density at radius 1 is 1.11 bits per heavy atom. The average molecular weight is 751 g/mol. The number of nitrogens with one attached hydrogen (secondary N) is 1. The monoisotopic (exact) mass is 750 g/mol. The lowest BCUT2D eigenvalue weighted by Crippen LogP contribution is -2.81. The maximum atomic E-state index is 15.0. The van der Waals surface area contributed by atoms with Crippen LogP contribution in [0.15, 0.2) is 54.1 Å². The lowest BCUT2D eigenvalue weighted by atomic mass is 9.47. The summed E-state index contributed by atoms with van der Waals surface area (Å²) in [6.45, 7) is 14.5. The molecule has 1 aliphatic carbocycles. The number of aliphatic hydroxyl groups is 1. The number of aryl methyl sites for hydroxylation is 1. The first kappa shape index (κ1) is 36.6. The molecule has 1 saturated heterocycles. The van der Waals surface area contributed by atoms with Gasteiger partial charge < -0.3 is 24.5 Å². The SMILES string of the molecule is CCC1=C[C@@H]2CN(CCc3c([nH]c4ccc(F)cc34)[C@@](C)(c3cc4c(cc3C)N(C)C3[C@]45CCN4CC=C[C@@](CC)([C@@H](OC(C)=O)[C@]3(O)C(=O)OC)[C@H]45)C2)C1. The molecule has 2 aromatic carbocycles. The van der Waals surface area contributed by atoms with Crippen molar-refractivity contribution in [1.29, 1.82) is 0 Å². The minimum absolute atomic E-state index is 0.157. The summed E-state index contributed by atoms with van der Waals surface area (Å²) in [6.07, 6.45) is 9.52. The second-order valence-electron chi connectivity index (χ2n) is 17.7. The second-order valence-corrected chi connectivity index (χ2v) is 17.7. The number of benzene rings is 2. The molecule has 292 valence electrons. The molecule has 6 heterocycles. The van der Waals surface area contributed by atoms with Gasteiger partial charge in [-0.15, -0.1) is 0 Å². The fraction of sp³-hybridized carbons (Fsp3) is 0.556. The number of likely N-dealkylation sites (N-methyl/N-ethyl adjacent to an activating group) is 1. The van der Waals surface area contributed by atoms with Crippen LogP contribution in [0.3, 0.4) is 0 Å². The molecule has 1 aromatic heterocycles. The maximum Gasteiger partial charge on any atom is 0.344 e. The number of carbonyl (C=O) groups excluding carboxylic acids is 2. The summed E-state index contributed by atoms with van der Waals surface area (Å²) in [7, 11) is 3.27. The molecule has 2 unspecified atom stereocenters. The molecular weight excluding hydrogens is 696 g/mol. The van der Waals surface area contributed by atoms with E-state index in [2.05, 4.69) is 77.7 Å². The molecule has 0 radical (unpaired) electrons. The number of esters is 2. The molecule has 5 aliphatic heterocycles. The van der Waals surface area contributed by atoms with Crippen LogP contribution in [0.5, 0.6) is 0 Å². The van der Waals surface area contributed by atoms with Crippen LogP contribution in [-0.2, 0) is 36.3 Å². The summed E-state index contributed by atoms with van der Waals surface area (Å²) in [5.41, 5.74) is 4.89. The van der Waals surface area contributed by atoms with Crippen LogP contribution in [0.2, 0.25) is 0 Å². The zero-order valence-corrected chi connectivity index (χ0v) is 33.3. The number of aromatic amines is 1. The third kappa shape index (κ3) is 4.80. The van der Waals surface area contributed by atoms with E-state index < -0.39 is 45.9 Å². The smallest absolute Gasteiger partial charge is 0.344 e. The van der Waals surface area contributed by atoms with Crippen molar-refractivity contribution >= 4 is 28.5 Å². The quantitative estimate of drug-likeness (QED) is 0.239. The van der Waals surface area contributed by atoms with Crippen LogP contribution in [0.25, 0.3) is 10.9 Å². The van der Waals surface area contributed by atoms with Gasteiger partial charge in [-0.1, -0.05) is 43.7 Å². The van der Waals surface area contributed by atoms with Crippen molar-refractivity contribution in [3.05, 3.63) is 87.9 Å². The maximum absolute atomic E-state index is 15.0. The van der Waals surface area contributed by atoms with Crippen LogP contribution in [-0.4, -0.2) is 102 Å². The number of fused-ring (bicyclic) bond motifs is 6. The number of hydrogen-bond acceptors (Lipinski definition) is 8. The molecule has 1 saturated carbocycles. The fourth-order valence-electron chi connectivity index (χ4n) is 13.0. The van der Waals surface area contributed by atoms with E-state index in [-0.39, 0.29) is 11.9 Å². The number of ether oxygens (including phenoxy) is 2. The molecule has 9 rings (SSSR count). The highest BCUT2D eigenvalue weighted by Crippen LogP contribution is 2.68. The Kier molecular flexibility index (Phi) is 8.33. The second kappa shape index (κ2) is 12.5. The van der Waals surface area contributed by atoms with Crippen molar-refractivity contribution in [1.82, 2.24) is 14.8 Å². The van der Waals surface area contributed by atoms with Crippen molar-refractivity contribution in [3.63, 3.8) is 0 Å². The predicted octanol–water partition coefficient (Wildman–Crippen LogP) is 6.08. The van der Waals surface area contributed by atoms with Crippen molar-refractivity contribution in [2.45, 2.75) is 101 Å². The summed E-state index contributed by atoms with van der Waals surface area (Å²) in [5, 5.41) is 14.2. The Bertz CT molecular complexity index is 2180. The van der Waals surface area contributed by atoms with Crippen molar-refractivity contribution in [3.8, 4) is 0 Å². The first-order valence-corrected chi connectivity index (χ1v) is 20.3. The first-order chi connectivity index (χ1) is 26.3. The lowest BCUT2D eigenvalue weighted by molar-refractivity contribution is -0.228. The summed E-state index contributed by atoms with van der Waals surface area (Å²) < 4.78 is 26.6. The molecule has 3 aromatic rings. The number of nitrogens with zero attached hydrogens (tertiary/aromatic N) is 3. The highest BCUT2D eigenvalue weighted by molar-refractivity contribution is 5.88. The van der Waals surface area contributed by atoms with Crippen molar-refractivity contribution in [2.24, 2.45) is 11.3 Å². The minimum atomic E-state index is -2.17. The van der Waals surface area contributed by atoms with E-state index in [9.17, 15) is 19.1 Å². The molecule has 6 aliphatic rings. The van der Waals surface area contributed by atoms with E-state index in [1.54, 1.807) is 12.1 Å². The van der Waals surface area contributed by atoms with Gasteiger partial charge in [-0.3, -0.25) is 14.6 Å². The third-order valence-corrected chi connectivity index (χ3v) is 15.0. The molecule has 2 fully saturated rings. The highest BCUT2D eigenvalue weighted by Gasteiger charge is 2.80. The number of carbonyl (C=O) groups is 2. The van der Waals surface area contributed by atoms with E-state index in [1.807, 2.05) is 13.1 Å². The standard InChI is InChI=1S/C45H55FN4O5/c1-8-28-20-29-23-42(5,37-31(13-17-49(24-28)25-29)32-21-30(46)11-12-35(32)47-37)33-22-34-36(19-26(33)3)48(6)39-44(34)15-18-50-16-10-14-43(9-2,38(44)50)40(55-27(4)51)45(39,53)41(52)54-7/h10-12,14,19-22,29,38-40,47,53H,8-9,13,15-18,23-25H2,1-7H3/t29-,38-,39?,40+,42+,43+,44+,45-/m0/s1. The third-order valence-electron chi connectivity index (χ3n) is 15.0. The van der Waals surface area contributed by atoms with Gasteiger partial charge in [0.1, 0.15) is 5.82 Å². The molecule has 10 heteroatoms. The molecular formula is C45H55FN4O5. The van der Waals surface area contributed by atoms with E-state index >= 15 is 0 Å². The molecule has 1 spiro atoms. The zero-order valence-electron chi connectivity index (χ0n) is 33.3. The Hall–Kier alpha value is -3.99. The van der Waals surface area contributed by atoms with Gasteiger partial charge in [0.25, 0.3) is 0 Å². The van der Waals surface area contributed by atoms with Crippen molar-refractivity contribution in [2.75, 3.05) is 51.8 Å². The van der Waals surface area contributed by atoms with E-state index in [0.717, 1.165) is 85.4 Å². The van der Waals surface area contributed by atoms with Crippen molar-refractivity contribution < 1.29 is 28.6 Å². The summed E-state index contributed by atoms with van der Waals surface area (Å²) in [4.78, 5) is 38.2. The van der Waals surface area contributed by atoms with Gasteiger partial charge in [-0.25, -0.2) is 9.18 Å². The number of hydrogen-bond donors (Lipinski definition) is 2. The van der Waals surface area contributed by atoms with Gasteiger partial charge in [0.2, 0.25) is 5.60 Å². The van der Waals surface area contributed by atoms with Gasteiger partial charge in [0.05, 0.1) is 13.2 Å². The first-order valence-electron chi connectivity index (χ1n) is 20.3. The number of methoxy groups -OCH3 is 1. The Balaban J connectivity index is 1.31. The van der Waals surface area contributed by atoms with E-state index in [4.69, 9.17) is 9.47 Å². The zero-order chi connectivity index (χ0) is 38.8. The molecule has 9 atom stereocenters. The molecule has 2 bridgehead atoms. The number of aromatic nitrogens is 1. The topological polar surface area (TPSA) is 98.3 Å². The van der Waals surface area contributed by atoms with E-state index in [1.165, 1.54) is 30.7 Å². The Morgan fingerprint density at radius 3 is 2.64 bits per heavy atom. The Morgan fingerprint density at radius 2 is 1.91 bits per heavy atom. The fourth-order valence-corrected chi connectivity index (χ4v) is 13.0. The predicted molar refractivity (Wildman–Crippen MR) is 211 cm³/mol. The normalized spacial score (nSPS) is 36.2. The average Bonchev–Trinajstić information content (AvgIpc) is 3.82. The van der Waals surface area contributed by atoms with Crippen LogP contribution in [0.1, 0.15) is 81.3 Å². The summed E-state index contributed by atoms with van der Waals surface area (Å²) >= 11 is 0. The number of halogens is 1. The van der Waals surface area contributed by atoms with Gasteiger partial charge in [-0.05, 0) is 105 Å². The Labute approximate surface area is 323 Å². The van der Waals surface area contributed by atoms with Gasteiger partial charge >= 0.3 is 11.9 Å². The summed E-state index contributed by atoms with van der Waals surface area (Å²) in [6, 6.07) is 8.85. The largest absolute Gasteiger partial charge is 0.467 e. The highest BCUT2D eigenvalue weighted by atomic mass is 19.1. The molecule has 2 N–H and O–H groups in total. The molecule has 0 amide bonds. The minimum Gasteiger partial charge on any atom is -0.467 e. The molecule has 9 nitrogen and oxygen atoms in total. The van der Waals surface area contributed by atoms with Gasteiger partial charge in [-0.2, -0.15) is 0 Å². The van der Waals surface area contributed by atoms with Crippen LogP contribution in [0, 0.1) is 24.1 Å².